The molecule has 0 spiro atoms. The van der Waals surface area contributed by atoms with Crippen molar-refractivity contribution in [3.63, 3.8) is 0 Å². The van der Waals surface area contributed by atoms with Gasteiger partial charge in [0.2, 0.25) is 11.8 Å². The van der Waals surface area contributed by atoms with Crippen LogP contribution in [0.2, 0.25) is 0 Å². The van der Waals surface area contributed by atoms with Crippen LogP contribution in [0.4, 0.5) is 0 Å². The molecular weight excluding hydrogens is 240 g/mol. The van der Waals surface area contributed by atoms with Crippen molar-refractivity contribution >= 4 is 11.8 Å². The van der Waals surface area contributed by atoms with Gasteiger partial charge in [-0.1, -0.05) is 33.6 Å². The van der Waals surface area contributed by atoms with Gasteiger partial charge in [-0.2, -0.15) is 0 Å². The van der Waals surface area contributed by atoms with E-state index in [0.717, 1.165) is 18.9 Å². The average Bonchev–Trinajstić information content (AvgIpc) is 3.10. The molecule has 19 heavy (non-hydrogen) atoms. The fourth-order valence-corrected chi connectivity index (χ4v) is 2.67. The van der Waals surface area contributed by atoms with Gasteiger partial charge in [-0.05, 0) is 31.1 Å². The lowest BCUT2D eigenvalue weighted by atomic mass is 9.84. The Balaban J connectivity index is 2.00. The first-order valence-electron chi connectivity index (χ1n) is 7.41. The van der Waals surface area contributed by atoms with E-state index in [1.807, 2.05) is 27.7 Å². The number of carbonyl (C=O) groups is 2. The van der Waals surface area contributed by atoms with Gasteiger partial charge in [0, 0.05) is 6.54 Å². The largest absolute Gasteiger partial charge is 0.342 e. The smallest absolute Gasteiger partial charge is 0.246 e. The molecule has 1 aliphatic carbocycles. The molecule has 4 nitrogen and oxygen atoms in total. The van der Waals surface area contributed by atoms with Crippen molar-refractivity contribution in [2.75, 3.05) is 6.54 Å². The standard InChI is InChI=1S/C15H26N2O2/c1-10-13(18)16-12(15(2,3)4)14(19)17(10)9-5-6-11-7-8-11/h10-12H,5-9H2,1-4H3,(H,16,18). The molecule has 0 aromatic rings. The quantitative estimate of drug-likeness (QED) is 0.845. The molecule has 1 N–H and O–H groups in total. The topological polar surface area (TPSA) is 49.4 Å². The van der Waals surface area contributed by atoms with Crippen molar-refractivity contribution in [1.82, 2.24) is 10.2 Å². The monoisotopic (exact) mass is 266 g/mol. The summed E-state index contributed by atoms with van der Waals surface area (Å²) in [6, 6.07) is -0.720. The van der Waals surface area contributed by atoms with Crippen LogP contribution in [0.1, 0.15) is 53.4 Å². The number of rotatable bonds is 4. The molecule has 1 aliphatic heterocycles. The molecule has 4 heteroatoms. The molecule has 0 aromatic heterocycles. The van der Waals surface area contributed by atoms with Gasteiger partial charge >= 0.3 is 0 Å². The van der Waals surface area contributed by atoms with Gasteiger partial charge in [-0.25, -0.2) is 0 Å². The number of carbonyl (C=O) groups excluding carboxylic acids is 2. The Bertz CT molecular complexity index is 369. The van der Waals surface area contributed by atoms with Crippen molar-refractivity contribution in [3.8, 4) is 0 Å². The highest BCUT2D eigenvalue weighted by molar-refractivity contribution is 5.97. The normalized spacial score (nSPS) is 28.5. The van der Waals surface area contributed by atoms with E-state index in [2.05, 4.69) is 5.32 Å². The van der Waals surface area contributed by atoms with Crippen molar-refractivity contribution in [1.29, 1.82) is 0 Å². The molecule has 1 saturated carbocycles. The first kappa shape index (κ1) is 14.4. The lowest BCUT2D eigenvalue weighted by Crippen LogP contribution is -2.65. The summed E-state index contributed by atoms with van der Waals surface area (Å²) in [6.07, 6.45) is 4.90. The van der Waals surface area contributed by atoms with Gasteiger partial charge in [0.25, 0.3) is 0 Å². The molecule has 0 radical (unpaired) electrons. The zero-order chi connectivity index (χ0) is 14.2. The maximum atomic E-state index is 12.5. The van der Waals surface area contributed by atoms with Gasteiger partial charge in [-0.15, -0.1) is 0 Å². The maximum Gasteiger partial charge on any atom is 0.246 e. The Morgan fingerprint density at radius 2 is 1.89 bits per heavy atom. The summed E-state index contributed by atoms with van der Waals surface area (Å²) in [5.74, 6) is 0.934. The third kappa shape index (κ3) is 3.28. The zero-order valence-electron chi connectivity index (χ0n) is 12.5. The van der Waals surface area contributed by atoms with E-state index < -0.39 is 6.04 Å². The van der Waals surface area contributed by atoms with Crippen molar-refractivity contribution in [2.24, 2.45) is 11.3 Å². The minimum atomic E-state index is -0.392. The van der Waals surface area contributed by atoms with Crippen LogP contribution in [0.25, 0.3) is 0 Å². The Morgan fingerprint density at radius 3 is 2.42 bits per heavy atom. The van der Waals surface area contributed by atoms with Gasteiger partial charge < -0.3 is 10.2 Å². The summed E-state index contributed by atoms with van der Waals surface area (Å²) in [5, 5.41) is 2.87. The Kier molecular flexibility index (Phi) is 3.88. The van der Waals surface area contributed by atoms with Crippen LogP contribution in [0.15, 0.2) is 0 Å². The van der Waals surface area contributed by atoms with Crippen LogP contribution in [-0.4, -0.2) is 35.3 Å². The number of hydrogen-bond acceptors (Lipinski definition) is 2. The molecule has 1 heterocycles. The number of hydrogen-bond donors (Lipinski definition) is 1. The number of piperazine rings is 1. The average molecular weight is 266 g/mol. The van der Waals surface area contributed by atoms with Crippen molar-refractivity contribution in [2.45, 2.75) is 65.5 Å². The third-order valence-electron chi connectivity index (χ3n) is 4.24. The maximum absolute atomic E-state index is 12.5. The highest BCUT2D eigenvalue weighted by Crippen LogP contribution is 2.34. The lowest BCUT2D eigenvalue weighted by Gasteiger charge is -2.42. The number of nitrogens with one attached hydrogen (secondary N) is 1. The molecule has 0 bridgehead atoms. The van der Waals surface area contributed by atoms with Crippen LogP contribution in [0.3, 0.4) is 0 Å². The van der Waals surface area contributed by atoms with E-state index in [1.54, 1.807) is 4.90 Å². The van der Waals surface area contributed by atoms with Crippen LogP contribution < -0.4 is 5.32 Å². The fourth-order valence-electron chi connectivity index (χ4n) is 2.67. The second-order valence-corrected chi connectivity index (χ2v) is 7.10. The summed E-state index contributed by atoms with van der Waals surface area (Å²) in [4.78, 5) is 26.3. The van der Waals surface area contributed by atoms with E-state index in [1.165, 1.54) is 19.3 Å². The zero-order valence-corrected chi connectivity index (χ0v) is 12.5. The van der Waals surface area contributed by atoms with E-state index in [0.29, 0.717) is 0 Å². The molecule has 2 unspecified atom stereocenters. The van der Waals surface area contributed by atoms with Crippen LogP contribution in [0.5, 0.6) is 0 Å². The molecule has 2 amide bonds. The van der Waals surface area contributed by atoms with E-state index >= 15 is 0 Å². The first-order chi connectivity index (χ1) is 8.80. The Labute approximate surface area is 115 Å². The SMILES string of the molecule is CC1C(=O)NC(C(C)(C)C)C(=O)N1CCCC1CC1. The van der Waals surface area contributed by atoms with Gasteiger partial charge in [0.1, 0.15) is 12.1 Å². The number of amides is 2. The Hall–Kier alpha value is -1.06. The Morgan fingerprint density at radius 1 is 1.26 bits per heavy atom. The second kappa shape index (κ2) is 5.14. The van der Waals surface area contributed by atoms with Gasteiger partial charge in [-0.3, -0.25) is 9.59 Å². The van der Waals surface area contributed by atoms with Crippen molar-refractivity contribution in [3.05, 3.63) is 0 Å². The van der Waals surface area contributed by atoms with Gasteiger partial charge in [0.05, 0.1) is 0 Å². The summed E-state index contributed by atoms with van der Waals surface area (Å²) in [6.45, 7) is 8.52. The van der Waals surface area contributed by atoms with E-state index in [4.69, 9.17) is 0 Å². The van der Waals surface area contributed by atoms with Crippen LogP contribution in [-0.2, 0) is 9.59 Å². The minimum absolute atomic E-state index is 0.0223. The molecule has 108 valence electrons. The molecule has 1 saturated heterocycles. The fraction of sp³-hybridized carbons (Fsp3) is 0.867. The highest BCUT2D eigenvalue weighted by Gasteiger charge is 2.43. The summed E-state index contributed by atoms with van der Waals surface area (Å²) >= 11 is 0. The second-order valence-electron chi connectivity index (χ2n) is 7.10. The number of nitrogens with zero attached hydrogens (tertiary/aromatic N) is 1. The lowest BCUT2D eigenvalue weighted by molar-refractivity contribution is -0.151. The molecular formula is C15H26N2O2. The highest BCUT2D eigenvalue weighted by atomic mass is 16.2. The summed E-state index contributed by atoms with van der Waals surface area (Å²) < 4.78 is 0. The molecule has 0 aromatic carbocycles. The predicted octanol–water partition coefficient (Wildman–Crippen LogP) is 1.94. The van der Waals surface area contributed by atoms with Crippen LogP contribution >= 0.6 is 0 Å². The first-order valence-corrected chi connectivity index (χ1v) is 7.41. The summed E-state index contributed by atoms with van der Waals surface area (Å²) in [5.41, 5.74) is -0.234. The summed E-state index contributed by atoms with van der Waals surface area (Å²) in [7, 11) is 0. The molecule has 2 rings (SSSR count). The van der Waals surface area contributed by atoms with E-state index in [-0.39, 0.29) is 23.3 Å². The molecule has 2 atom stereocenters. The molecule has 2 aliphatic rings. The predicted molar refractivity (Wildman–Crippen MR) is 74.5 cm³/mol. The van der Waals surface area contributed by atoms with Gasteiger partial charge in [0.15, 0.2) is 0 Å². The third-order valence-corrected chi connectivity index (χ3v) is 4.24. The van der Waals surface area contributed by atoms with E-state index in [9.17, 15) is 9.59 Å². The van der Waals surface area contributed by atoms with Crippen molar-refractivity contribution < 1.29 is 9.59 Å². The minimum Gasteiger partial charge on any atom is -0.342 e. The van der Waals surface area contributed by atoms with Crippen LogP contribution in [0, 0.1) is 11.3 Å². The molecule has 2 fully saturated rings.